The van der Waals surface area contributed by atoms with Gasteiger partial charge in [-0.25, -0.2) is 0 Å². The third-order valence-electron chi connectivity index (χ3n) is 6.29. The van der Waals surface area contributed by atoms with Crippen molar-refractivity contribution in [3.8, 4) is 0 Å². The topological polar surface area (TPSA) is 69.7 Å². The van der Waals surface area contributed by atoms with E-state index in [-0.39, 0.29) is 24.3 Å². The lowest BCUT2D eigenvalue weighted by Gasteiger charge is -2.34. The van der Waals surface area contributed by atoms with Gasteiger partial charge in [-0.15, -0.1) is 0 Å². The Labute approximate surface area is 189 Å². The number of likely N-dealkylation sites (tertiary alicyclic amines) is 1. The molecule has 0 saturated carbocycles. The quantitative estimate of drug-likeness (QED) is 0.535. The Hall–Kier alpha value is -2.99. The lowest BCUT2D eigenvalue weighted by atomic mass is 9.92. The molecular weight excluding hydrogens is 402 g/mol. The monoisotopic (exact) mass is 433 g/mol. The molecule has 2 aliphatic rings. The lowest BCUT2D eigenvalue weighted by molar-refractivity contribution is 0.0642. The Balaban J connectivity index is 1.30. The van der Waals surface area contributed by atoms with Crippen LogP contribution in [0.4, 0.5) is 0 Å². The minimum absolute atomic E-state index is 0.130. The van der Waals surface area contributed by atoms with E-state index in [1.807, 2.05) is 6.07 Å². The third kappa shape index (κ3) is 4.91. The molecule has 0 radical (unpaired) electrons. The predicted octanol–water partition coefficient (Wildman–Crippen LogP) is 3.58. The van der Waals surface area contributed by atoms with Crippen LogP contribution in [0.5, 0.6) is 0 Å². The first-order chi connectivity index (χ1) is 15.4. The number of nitrogens with one attached hydrogen (secondary N) is 1. The van der Waals surface area contributed by atoms with Gasteiger partial charge in [0.25, 0.3) is 17.7 Å². The van der Waals surface area contributed by atoms with Crippen LogP contribution in [0, 0.1) is 11.8 Å². The van der Waals surface area contributed by atoms with Crippen molar-refractivity contribution >= 4 is 17.7 Å². The zero-order valence-corrected chi connectivity index (χ0v) is 18.8. The van der Waals surface area contributed by atoms with Crippen LogP contribution in [0.25, 0.3) is 0 Å². The molecule has 2 heterocycles. The number of carbonyl (C=O) groups is 3. The zero-order chi connectivity index (χ0) is 22.7. The number of fused-ring (bicyclic) bond motifs is 1. The van der Waals surface area contributed by atoms with Gasteiger partial charge >= 0.3 is 0 Å². The summed E-state index contributed by atoms with van der Waals surface area (Å²) in [6, 6.07) is 14.0. The summed E-state index contributed by atoms with van der Waals surface area (Å²) in [5.41, 5.74) is 2.16. The molecular formula is C26H31N3O3. The summed E-state index contributed by atoms with van der Waals surface area (Å²) in [5, 5.41) is 3.00. The average Bonchev–Trinajstić information content (AvgIpc) is 3.01. The van der Waals surface area contributed by atoms with Crippen molar-refractivity contribution in [1.82, 2.24) is 15.1 Å². The van der Waals surface area contributed by atoms with Gasteiger partial charge in [-0.2, -0.15) is 0 Å². The van der Waals surface area contributed by atoms with Gasteiger partial charge < -0.3 is 10.2 Å². The SMILES string of the molecule is CC1CC(C)CN(CCCNC(=O)c2cccc(CN3C(=O)c4ccccc4C3=O)c2)C1. The highest BCUT2D eigenvalue weighted by atomic mass is 16.2. The third-order valence-corrected chi connectivity index (χ3v) is 6.29. The Morgan fingerprint density at radius 3 is 2.28 bits per heavy atom. The number of carbonyl (C=O) groups excluding carboxylic acids is 3. The number of hydrogen-bond donors (Lipinski definition) is 1. The maximum Gasteiger partial charge on any atom is 0.261 e. The van der Waals surface area contributed by atoms with E-state index in [1.165, 1.54) is 11.3 Å². The van der Waals surface area contributed by atoms with E-state index in [9.17, 15) is 14.4 Å². The summed E-state index contributed by atoms with van der Waals surface area (Å²) in [6.07, 6.45) is 2.21. The summed E-state index contributed by atoms with van der Waals surface area (Å²) in [5.74, 6) is 0.759. The smallest absolute Gasteiger partial charge is 0.261 e. The molecule has 6 nitrogen and oxygen atoms in total. The van der Waals surface area contributed by atoms with Gasteiger partial charge in [-0.3, -0.25) is 19.3 Å². The molecule has 2 aliphatic heterocycles. The Morgan fingerprint density at radius 2 is 1.62 bits per heavy atom. The predicted molar refractivity (Wildman–Crippen MR) is 123 cm³/mol. The molecule has 2 aromatic rings. The van der Waals surface area contributed by atoms with Crippen LogP contribution in [-0.2, 0) is 6.54 Å². The van der Waals surface area contributed by atoms with Gasteiger partial charge in [-0.05, 0) is 61.1 Å². The molecule has 2 unspecified atom stereocenters. The number of benzene rings is 2. The second kappa shape index (κ2) is 9.65. The highest BCUT2D eigenvalue weighted by Gasteiger charge is 2.35. The Kier molecular flexibility index (Phi) is 6.70. The molecule has 168 valence electrons. The van der Waals surface area contributed by atoms with Gasteiger partial charge in [-0.1, -0.05) is 38.1 Å². The van der Waals surface area contributed by atoms with Crippen LogP contribution in [0.3, 0.4) is 0 Å². The fraction of sp³-hybridized carbons (Fsp3) is 0.423. The molecule has 0 bridgehead atoms. The molecule has 1 saturated heterocycles. The van der Waals surface area contributed by atoms with Gasteiger partial charge in [0.15, 0.2) is 0 Å². The minimum atomic E-state index is -0.290. The van der Waals surface area contributed by atoms with Crippen LogP contribution < -0.4 is 5.32 Å². The van der Waals surface area contributed by atoms with Crippen molar-refractivity contribution < 1.29 is 14.4 Å². The molecule has 2 atom stereocenters. The maximum absolute atomic E-state index is 12.6. The van der Waals surface area contributed by atoms with Crippen molar-refractivity contribution in [2.45, 2.75) is 33.2 Å². The van der Waals surface area contributed by atoms with Gasteiger partial charge in [0.2, 0.25) is 0 Å². The van der Waals surface area contributed by atoms with Gasteiger partial charge in [0, 0.05) is 25.2 Å². The first kappa shape index (κ1) is 22.2. The average molecular weight is 434 g/mol. The van der Waals surface area contributed by atoms with Crippen LogP contribution in [0.15, 0.2) is 48.5 Å². The summed E-state index contributed by atoms with van der Waals surface area (Å²) in [6.45, 7) is 8.66. The highest BCUT2D eigenvalue weighted by Crippen LogP contribution is 2.24. The number of nitrogens with zero attached hydrogens (tertiary/aromatic N) is 2. The van der Waals surface area contributed by atoms with Crippen molar-refractivity contribution in [3.63, 3.8) is 0 Å². The standard InChI is InChI=1S/C26H31N3O3/c1-18-13-19(2)16-28(15-18)12-6-11-27-24(30)21-8-5-7-20(14-21)17-29-25(31)22-9-3-4-10-23(22)26(29)32/h3-5,7-10,14,18-19H,6,11-13,15-17H2,1-2H3,(H,27,30). The molecule has 4 rings (SSSR count). The Morgan fingerprint density at radius 1 is 0.969 bits per heavy atom. The van der Waals surface area contributed by atoms with Crippen molar-refractivity contribution in [2.24, 2.45) is 11.8 Å². The largest absolute Gasteiger partial charge is 0.352 e. The molecule has 0 aromatic heterocycles. The molecule has 0 aliphatic carbocycles. The summed E-state index contributed by atoms with van der Waals surface area (Å²) in [7, 11) is 0. The minimum Gasteiger partial charge on any atom is -0.352 e. The normalized spacial score (nSPS) is 21.0. The van der Waals surface area contributed by atoms with E-state index in [2.05, 4.69) is 24.1 Å². The van der Waals surface area contributed by atoms with E-state index >= 15 is 0 Å². The van der Waals surface area contributed by atoms with Gasteiger partial charge in [0.1, 0.15) is 0 Å². The fourth-order valence-electron chi connectivity index (χ4n) is 4.96. The molecule has 6 heteroatoms. The van der Waals surface area contributed by atoms with Crippen molar-refractivity contribution in [3.05, 3.63) is 70.8 Å². The van der Waals surface area contributed by atoms with E-state index in [1.54, 1.807) is 42.5 Å². The first-order valence-corrected chi connectivity index (χ1v) is 11.5. The number of amides is 3. The van der Waals surface area contributed by atoms with Crippen LogP contribution in [0.1, 0.15) is 63.3 Å². The zero-order valence-electron chi connectivity index (χ0n) is 18.8. The lowest BCUT2D eigenvalue weighted by Crippen LogP contribution is -2.40. The van der Waals surface area contributed by atoms with Gasteiger partial charge in [0.05, 0.1) is 17.7 Å². The first-order valence-electron chi connectivity index (χ1n) is 11.5. The van der Waals surface area contributed by atoms with E-state index in [0.29, 0.717) is 23.2 Å². The van der Waals surface area contributed by atoms with E-state index < -0.39 is 0 Å². The maximum atomic E-state index is 12.6. The van der Waals surface area contributed by atoms with Crippen LogP contribution >= 0.6 is 0 Å². The summed E-state index contributed by atoms with van der Waals surface area (Å²) < 4.78 is 0. The summed E-state index contributed by atoms with van der Waals surface area (Å²) >= 11 is 0. The highest BCUT2D eigenvalue weighted by molar-refractivity contribution is 6.21. The molecule has 1 N–H and O–H groups in total. The number of piperidine rings is 1. The fourth-order valence-corrected chi connectivity index (χ4v) is 4.96. The molecule has 0 spiro atoms. The number of imide groups is 1. The second-order valence-electron chi connectivity index (χ2n) is 9.26. The van der Waals surface area contributed by atoms with Crippen LogP contribution in [-0.4, -0.2) is 53.7 Å². The number of hydrogen-bond acceptors (Lipinski definition) is 4. The molecule has 1 fully saturated rings. The molecule has 32 heavy (non-hydrogen) atoms. The number of rotatable bonds is 7. The Bertz CT molecular complexity index is 974. The van der Waals surface area contributed by atoms with Crippen molar-refractivity contribution in [2.75, 3.05) is 26.2 Å². The van der Waals surface area contributed by atoms with Crippen LogP contribution in [0.2, 0.25) is 0 Å². The molecule has 2 aromatic carbocycles. The summed E-state index contributed by atoms with van der Waals surface area (Å²) in [4.78, 5) is 41.6. The molecule has 3 amide bonds. The van der Waals surface area contributed by atoms with E-state index in [0.717, 1.165) is 43.5 Å². The second-order valence-corrected chi connectivity index (χ2v) is 9.26. The van der Waals surface area contributed by atoms with E-state index in [4.69, 9.17) is 0 Å². The van der Waals surface area contributed by atoms with Crippen molar-refractivity contribution in [1.29, 1.82) is 0 Å².